The molecule has 2 fully saturated rings. The van der Waals surface area contributed by atoms with E-state index in [1.165, 1.54) is 19.3 Å². The van der Waals surface area contributed by atoms with Crippen LogP contribution in [0.5, 0.6) is 0 Å². The number of fused-ring (bicyclic) bond motifs is 2. The van der Waals surface area contributed by atoms with Gasteiger partial charge in [0.15, 0.2) is 5.78 Å². The van der Waals surface area contributed by atoms with Crippen molar-refractivity contribution in [1.82, 2.24) is 0 Å². The average Bonchev–Trinajstić information content (AvgIpc) is 2.27. The highest BCUT2D eigenvalue weighted by Crippen LogP contribution is 2.41. The molecule has 2 atom stereocenters. The van der Waals surface area contributed by atoms with Gasteiger partial charge in [0.2, 0.25) is 0 Å². The number of ketones is 1. The van der Waals surface area contributed by atoms with Crippen molar-refractivity contribution in [2.45, 2.75) is 50.5 Å². The van der Waals surface area contributed by atoms with Crippen molar-refractivity contribution in [3.05, 3.63) is 0 Å². The first-order chi connectivity index (χ1) is 6.27. The zero-order chi connectivity index (χ0) is 9.31. The molecule has 2 rings (SSSR count). The van der Waals surface area contributed by atoms with Gasteiger partial charge in [0, 0.05) is 13.5 Å². The molecule has 74 valence electrons. The Hall–Kier alpha value is -0.370. The van der Waals surface area contributed by atoms with Crippen molar-refractivity contribution < 1.29 is 9.53 Å². The predicted octanol–water partition coefficient (Wildman–Crippen LogP) is 2.31. The average molecular weight is 182 g/mol. The van der Waals surface area contributed by atoms with Crippen LogP contribution in [0.2, 0.25) is 0 Å². The lowest BCUT2D eigenvalue weighted by atomic mass is 9.76. The lowest BCUT2D eigenvalue weighted by molar-refractivity contribution is -0.145. The van der Waals surface area contributed by atoms with Crippen molar-refractivity contribution in [3.63, 3.8) is 0 Å². The van der Waals surface area contributed by atoms with Crippen LogP contribution in [0.15, 0.2) is 0 Å². The number of ether oxygens (including phenoxy) is 1. The van der Waals surface area contributed by atoms with Gasteiger partial charge in [-0.1, -0.05) is 6.42 Å². The second-order valence-corrected chi connectivity index (χ2v) is 4.48. The Kier molecular flexibility index (Phi) is 2.41. The molecule has 2 saturated carbocycles. The van der Waals surface area contributed by atoms with E-state index in [2.05, 4.69) is 0 Å². The fraction of sp³-hybridized carbons (Fsp3) is 0.909. The number of Topliss-reactive ketones (excluding diaryl/α,β-unsaturated/α-hetero) is 1. The highest BCUT2D eigenvalue weighted by Gasteiger charge is 2.43. The topological polar surface area (TPSA) is 26.3 Å². The second kappa shape index (κ2) is 3.41. The van der Waals surface area contributed by atoms with E-state index < -0.39 is 0 Å². The minimum atomic E-state index is -0.376. The molecule has 13 heavy (non-hydrogen) atoms. The Morgan fingerprint density at radius 3 is 2.92 bits per heavy atom. The quantitative estimate of drug-likeness (QED) is 0.622. The normalized spacial score (nSPS) is 40.1. The third-order valence-corrected chi connectivity index (χ3v) is 3.73. The molecule has 0 amide bonds. The molecule has 0 saturated heterocycles. The van der Waals surface area contributed by atoms with E-state index in [9.17, 15) is 4.79 Å². The van der Waals surface area contributed by atoms with E-state index in [1.54, 1.807) is 7.11 Å². The molecular formula is C11H18O2. The van der Waals surface area contributed by atoms with Gasteiger partial charge in [0.05, 0.1) is 0 Å². The fourth-order valence-corrected chi connectivity index (χ4v) is 2.92. The highest BCUT2D eigenvalue weighted by molar-refractivity contribution is 5.87. The fourth-order valence-electron chi connectivity index (χ4n) is 2.92. The van der Waals surface area contributed by atoms with Crippen LogP contribution in [0.25, 0.3) is 0 Å². The van der Waals surface area contributed by atoms with Crippen LogP contribution in [-0.4, -0.2) is 18.5 Å². The summed E-state index contributed by atoms with van der Waals surface area (Å²) >= 11 is 0. The second-order valence-electron chi connectivity index (χ2n) is 4.48. The van der Waals surface area contributed by atoms with Gasteiger partial charge in [-0.05, 0) is 38.0 Å². The summed E-state index contributed by atoms with van der Waals surface area (Å²) in [5, 5.41) is 0. The van der Waals surface area contributed by atoms with E-state index in [-0.39, 0.29) is 5.60 Å². The standard InChI is InChI=1S/C11H18O2/c1-13-11-7-3-5-9(8-11)4-2-6-10(11)12/h9H,2-8H2,1H3/t9-,11-/m0/s1. The third kappa shape index (κ3) is 1.52. The highest BCUT2D eigenvalue weighted by atomic mass is 16.5. The van der Waals surface area contributed by atoms with Crippen LogP contribution in [0.4, 0.5) is 0 Å². The van der Waals surface area contributed by atoms with Crippen molar-refractivity contribution in [3.8, 4) is 0 Å². The van der Waals surface area contributed by atoms with Crippen LogP contribution >= 0.6 is 0 Å². The number of carbonyl (C=O) groups excluding carboxylic acids is 1. The monoisotopic (exact) mass is 182 g/mol. The Balaban J connectivity index is 2.22. The maximum atomic E-state index is 11.9. The Bertz CT molecular complexity index is 212. The maximum absolute atomic E-state index is 11.9. The molecular weight excluding hydrogens is 164 g/mol. The van der Waals surface area contributed by atoms with Crippen molar-refractivity contribution in [2.75, 3.05) is 7.11 Å². The molecule has 2 nitrogen and oxygen atoms in total. The molecule has 2 heteroatoms. The molecule has 2 aliphatic rings. The Morgan fingerprint density at radius 2 is 2.15 bits per heavy atom. The molecule has 0 aromatic heterocycles. The van der Waals surface area contributed by atoms with Gasteiger partial charge in [-0.25, -0.2) is 0 Å². The summed E-state index contributed by atoms with van der Waals surface area (Å²) in [6, 6.07) is 0. The van der Waals surface area contributed by atoms with E-state index in [0.29, 0.717) is 5.78 Å². The molecule has 0 aliphatic heterocycles. The van der Waals surface area contributed by atoms with Crippen LogP contribution in [0.1, 0.15) is 44.9 Å². The minimum absolute atomic E-state index is 0.359. The first kappa shape index (κ1) is 9.20. The largest absolute Gasteiger partial charge is 0.370 e. The minimum Gasteiger partial charge on any atom is -0.370 e. The summed E-state index contributed by atoms with van der Waals surface area (Å²) in [6.07, 6.45) is 7.47. The third-order valence-electron chi connectivity index (χ3n) is 3.73. The smallest absolute Gasteiger partial charge is 0.164 e. The summed E-state index contributed by atoms with van der Waals surface area (Å²) < 4.78 is 5.49. The number of methoxy groups -OCH3 is 1. The lowest BCUT2D eigenvalue weighted by Gasteiger charge is -2.36. The molecule has 2 bridgehead atoms. The van der Waals surface area contributed by atoms with Crippen LogP contribution in [0, 0.1) is 5.92 Å². The van der Waals surface area contributed by atoms with Gasteiger partial charge in [-0.2, -0.15) is 0 Å². The van der Waals surface area contributed by atoms with Crippen LogP contribution in [0.3, 0.4) is 0 Å². The molecule has 0 aromatic carbocycles. The first-order valence-electron chi connectivity index (χ1n) is 5.35. The summed E-state index contributed by atoms with van der Waals surface area (Å²) in [7, 11) is 1.70. The number of carbonyl (C=O) groups is 1. The zero-order valence-electron chi connectivity index (χ0n) is 8.34. The molecule has 0 radical (unpaired) electrons. The van der Waals surface area contributed by atoms with Crippen LogP contribution in [-0.2, 0) is 9.53 Å². The van der Waals surface area contributed by atoms with Gasteiger partial charge >= 0.3 is 0 Å². The zero-order valence-corrected chi connectivity index (χ0v) is 8.34. The Morgan fingerprint density at radius 1 is 1.38 bits per heavy atom. The van der Waals surface area contributed by atoms with Crippen molar-refractivity contribution >= 4 is 5.78 Å². The molecule has 0 N–H and O–H groups in total. The van der Waals surface area contributed by atoms with E-state index in [4.69, 9.17) is 4.74 Å². The molecule has 0 aromatic rings. The van der Waals surface area contributed by atoms with E-state index in [0.717, 1.165) is 31.6 Å². The summed E-state index contributed by atoms with van der Waals surface area (Å²) in [5.74, 6) is 1.11. The molecule has 0 unspecified atom stereocenters. The number of hydrogen-bond donors (Lipinski definition) is 0. The van der Waals surface area contributed by atoms with E-state index in [1.807, 2.05) is 0 Å². The SMILES string of the molecule is CO[C@]12CCC[C@H](CCCC1=O)C2. The summed E-state index contributed by atoms with van der Waals surface area (Å²) in [6.45, 7) is 0. The van der Waals surface area contributed by atoms with E-state index >= 15 is 0 Å². The van der Waals surface area contributed by atoms with Gasteiger partial charge in [-0.3, -0.25) is 4.79 Å². The van der Waals surface area contributed by atoms with Crippen LogP contribution < -0.4 is 0 Å². The summed E-state index contributed by atoms with van der Waals surface area (Å²) in [5.41, 5.74) is -0.376. The molecule has 2 aliphatic carbocycles. The Labute approximate surface area is 79.7 Å². The van der Waals surface area contributed by atoms with Gasteiger partial charge in [-0.15, -0.1) is 0 Å². The maximum Gasteiger partial charge on any atom is 0.164 e. The molecule has 0 heterocycles. The number of hydrogen-bond acceptors (Lipinski definition) is 2. The first-order valence-corrected chi connectivity index (χ1v) is 5.35. The van der Waals surface area contributed by atoms with Crippen molar-refractivity contribution in [1.29, 1.82) is 0 Å². The summed E-state index contributed by atoms with van der Waals surface area (Å²) in [4.78, 5) is 11.9. The predicted molar refractivity (Wildman–Crippen MR) is 50.6 cm³/mol. The van der Waals surface area contributed by atoms with Gasteiger partial charge < -0.3 is 4.74 Å². The van der Waals surface area contributed by atoms with Gasteiger partial charge in [0.1, 0.15) is 5.60 Å². The molecule has 0 spiro atoms. The van der Waals surface area contributed by atoms with Gasteiger partial charge in [0.25, 0.3) is 0 Å². The van der Waals surface area contributed by atoms with Crippen molar-refractivity contribution in [2.24, 2.45) is 5.92 Å². The number of rotatable bonds is 1. The lowest BCUT2D eigenvalue weighted by Crippen LogP contribution is -2.43.